The molecule has 1 aromatic heterocycles. The van der Waals surface area contributed by atoms with E-state index in [4.69, 9.17) is 4.74 Å². The highest BCUT2D eigenvalue weighted by molar-refractivity contribution is 6.02. The summed E-state index contributed by atoms with van der Waals surface area (Å²) in [6, 6.07) is 0. The SMILES string of the molecule is CC(C)(C)OC(=O)N1CCCC(/C=N\C(=O)c2cnc(NCCOC(F)F)nc2/N=C/C2CCC(O)CC2)C1. The summed E-state index contributed by atoms with van der Waals surface area (Å²) in [5.41, 5.74) is -0.508. The van der Waals surface area contributed by atoms with Gasteiger partial charge in [0.05, 0.1) is 12.7 Å². The number of carbonyl (C=O) groups is 2. The van der Waals surface area contributed by atoms with Crippen LogP contribution >= 0.6 is 0 Å². The summed E-state index contributed by atoms with van der Waals surface area (Å²) in [7, 11) is 0. The van der Waals surface area contributed by atoms with Gasteiger partial charge in [-0.2, -0.15) is 13.8 Å². The topological polar surface area (TPSA) is 139 Å². The van der Waals surface area contributed by atoms with E-state index >= 15 is 0 Å². The quantitative estimate of drug-likeness (QED) is 0.343. The number of aliphatic hydroxyl groups is 1. The van der Waals surface area contributed by atoms with Crippen molar-refractivity contribution in [1.29, 1.82) is 0 Å². The van der Waals surface area contributed by atoms with E-state index in [2.05, 4.69) is 30.0 Å². The summed E-state index contributed by atoms with van der Waals surface area (Å²) >= 11 is 0. The number of aliphatic imine (C=N–C) groups is 2. The Hall–Kier alpha value is -3.06. The number of piperidine rings is 1. The number of anilines is 1. The van der Waals surface area contributed by atoms with Crippen LogP contribution in [0.25, 0.3) is 0 Å². The summed E-state index contributed by atoms with van der Waals surface area (Å²) in [5, 5.41) is 12.5. The zero-order chi connectivity index (χ0) is 28.4. The minimum absolute atomic E-state index is 0.0370. The molecule has 0 radical (unpaired) electrons. The summed E-state index contributed by atoms with van der Waals surface area (Å²) in [5.74, 6) is -0.350. The van der Waals surface area contributed by atoms with E-state index in [0.717, 1.165) is 25.7 Å². The van der Waals surface area contributed by atoms with E-state index in [9.17, 15) is 23.5 Å². The fourth-order valence-corrected chi connectivity index (χ4v) is 4.31. The number of amides is 2. The second kappa shape index (κ2) is 14.4. The fraction of sp³-hybridized carbons (Fsp3) is 0.692. The van der Waals surface area contributed by atoms with Crippen LogP contribution in [0, 0.1) is 11.8 Å². The fourth-order valence-electron chi connectivity index (χ4n) is 4.31. The molecule has 11 nitrogen and oxygen atoms in total. The molecule has 1 atom stereocenters. The van der Waals surface area contributed by atoms with Crippen molar-refractivity contribution in [2.75, 3.05) is 31.6 Å². The third-order valence-corrected chi connectivity index (χ3v) is 6.29. The molecule has 2 N–H and O–H groups in total. The number of carbonyl (C=O) groups excluding carboxylic acids is 2. The van der Waals surface area contributed by atoms with Crippen LogP contribution in [-0.4, -0.2) is 89.0 Å². The molecule has 1 aliphatic heterocycles. The van der Waals surface area contributed by atoms with Crippen LogP contribution < -0.4 is 5.32 Å². The first-order valence-corrected chi connectivity index (χ1v) is 13.3. The molecular weight excluding hydrogens is 514 g/mol. The number of nitrogens with zero attached hydrogens (tertiary/aromatic N) is 5. The van der Waals surface area contributed by atoms with Crippen LogP contribution in [0.3, 0.4) is 0 Å². The zero-order valence-electron chi connectivity index (χ0n) is 22.7. The summed E-state index contributed by atoms with van der Waals surface area (Å²) in [6.07, 6.45) is 8.28. The molecule has 1 aromatic rings. The molecule has 0 bridgehead atoms. The number of nitrogens with one attached hydrogen (secondary N) is 1. The Bertz CT molecular complexity index is 1020. The van der Waals surface area contributed by atoms with Gasteiger partial charge in [0.25, 0.3) is 5.91 Å². The highest BCUT2D eigenvalue weighted by atomic mass is 19.3. The van der Waals surface area contributed by atoms with Gasteiger partial charge in [-0.1, -0.05) is 0 Å². The second-order valence-electron chi connectivity index (χ2n) is 10.7. The highest BCUT2D eigenvalue weighted by Gasteiger charge is 2.27. The van der Waals surface area contributed by atoms with Gasteiger partial charge in [-0.3, -0.25) is 4.79 Å². The van der Waals surface area contributed by atoms with Crippen molar-refractivity contribution in [2.24, 2.45) is 21.8 Å². The minimum Gasteiger partial charge on any atom is -0.444 e. The molecule has 216 valence electrons. The van der Waals surface area contributed by atoms with Crippen molar-refractivity contribution in [3.05, 3.63) is 11.8 Å². The molecule has 1 aliphatic carbocycles. The molecule has 3 rings (SSSR count). The number of likely N-dealkylation sites (tertiary alicyclic amines) is 1. The smallest absolute Gasteiger partial charge is 0.410 e. The Balaban J connectivity index is 1.70. The summed E-state index contributed by atoms with van der Waals surface area (Å²) in [6.45, 7) is 3.31. The van der Waals surface area contributed by atoms with Crippen LogP contribution in [0.2, 0.25) is 0 Å². The van der Waals surface area contributed by atoms with Gasteiger partial charge < -0.3 is 24.8 Å². The predicted octanol–water partition coefficient (Wildman–Crippen LogP) is 4.24. The van der Waals surface area contributed by atoms with Crippen LogP contribution in [0.5, 0.6) is 0 Å². The number of alkyl halides is 2. The first-order chi connectivity index (χ1) is 18.5. The van der Waals surface area contributed by atoms with Crippen LogP contribution in [0.1, 0.15) is 69.7 Å². The molecule has 2 aliphatic rings. The maximum Gasteiger partial charge on any atom is 0.410 e. The first kappa shape index (κ1) is 30.5. The first-order valence-electron chi connectivity index (χ1n) is 13.3. The number of hydrogen-bond acceptors (Lipinski definition) is 9. The van der Waals surface area contributed by atoms with Crippen molar-refractivity contribution in [1.82, 2.24) is 14.9 Å². The van der Waals surface area contributed by atoms with Gasteiger partial charge in [-0.25, -0.2) is 19.8 Å². The largest absolute Gasteiger partial charge is 0.444 e. The lowest BCUT2D eigenvalue weighted by Crippen LogP contribution is -2.43. The normalized spacial score (nSPS) is 22.5. The van der Waals surface area contributed by atoms with Gasteiger partial charge in [0, 0.05) is 44.2 Å². The highest BCUT2D eigenvalue weighted by Crippen LogP contribution is 2.25. The van der Waals surface area contributed by atoms with Crippen molar-refractivity contribution < 1.29 is 33.0 Å². The van der Waals surface area contributed by atoms with E-state index in [1.54, 1.807) is 17.3 Å². The van der Waals surface area contributed by atoms with Gasteiger partial charge >= 0.3 is 12.7 Å². The van der Waals surface area contributed by atoms with Gasteiger partial charge in [0.1, 0.15) is 11.2 Å². The average Bonchev–Trinajstić information content (AvgIpc) is 2.88. The lowest BCUT2D eigenvalue weighted by atomic mass is 9.88. The summed E-state index contributed by atoms with van der Waals surface area (Å²) < 4.78 is 34.1. The molecule has 2 heterocycles. The van der Waals surface area contributed by atoms with E-state index in [-0.39, 0.29) is 48.4 Å². The molecule has 1 unspecified atom stereocenters. The molecule has 0 aromatic carbocycles. The molecule has 13 heteroatoms. The second-order valence-corrected chi connectivity index (χ2v) is 10.7. The number of aliphatic hydroxyl groups excluding tert-OH is 1. The molecule has 39 heavy (non-hydrogen) atoms. The van der Waals surface area contributed by atoms with E-state index in [0.29, 0.717) is 25.9 Å². The van der Waals surface area contributed by atoms with Gasteiger partial charge in [0.15, 0.2) is 5.82 Å². The third-order valence-electron chi connectivity index (χ3n) is 6.29. The molecule has 2 amide bonds. The summed E-state index contributed by atoms with van der Waals surface area (Å²) in [4.78, 5) is 44.1. The molecule has 1 saturated carbocycles. The molecule has 1 saturated heterocycles. The van der Waals surface area contributed by atoms with Crippen molar-refractivity contribution in [2.45, 2.75) is 77.6 Å². The predicted molar refractivity (Wildman–Crippen MR) is 142 cm³/mol. The molecule has 0 spiro atoms. The van der Waals surface area contributed by atoms with E-state index < -0.39 is 24.2 Å². The maximum atomic E-state index is 13.0. The van der Waals surface area contributed by atoms with Gasteiger partial charge in [-0.15, -0.1) is 0 Å². The Morgan fingerprint density at radius 1 is 1.21 bits per heavy atom. The Morgan fingerprint density at radius 3 is 2.64 bits per heavy atom. The Kier molecular flexibility index (Phi) is 11.2. The number of halogens is 2. The molecule has 2 fully saturated rings. The van der Waals surface area contributed by atoms with Gasteiger partial charge in [-0.05, 0) is 65.2 Å². The van der Waals surface area contributed by atoms with Crippen LogP contribution in [-0.2, 0) is 9.47 Å². The number of aromatic nitrogens is 2. The van der Waals surface area contributed by atoms with E-state index in [1.807, 2.05) is 20.8 Å². The number of rotatable bonds is 9. The lowest BCUT2D eigenvalue weighted by molar-refractivity contribution is -0.125. The lowest BCUT2D eigenvalue weighted by Gasteiger charge is -2.32. The van der Waals surface area contributed by atoms with Crippen molar-refractivity contribution >= 4 is 36.2 Å². The average molecular weight is 553 g/mol. The van der Waals surface area contributed by atoms with E-state index in [1.165, 1.54) is 6.20 Å². The minimum atomic E-state index is -2.87. The zero-order valence-corrected chi connectivity index (χ0v) is 22.7. The third kappa shape index (κ3) is 10.6. The van der Waals surface area contributed by atoms with Crippen molar-refractivity contribution in [3.8, 4) is 0 Å². The van der Waals surface area contributed by atoms with Crippen molar-refractivity contribution in [3.63, 3.8) is 0 Å². The number of ether oxygens (including phenoxy) is 2. The van der Waals surface area contributed by atoms with Crippen LogP contribution in [0.15, 0.2) is 16.2 Å². The molecular formula is C26H38F2N6O5. The van der Waals surface area contributed by atoms with Crippen LogP contribution in [0.4, 0.5) is 25.3 Å². The Labute approximate surface area is 227 Å². The monoisotopic (exact) mass is 552 g/mol. The standard InChI is InChI=1S/C26H38F2N6O5/c1-26(2,3)39-25(37)34-11-4-5-18(16-34)14-31-22(36)20-15-32-24(29-10-12-38-23(27)28)33-21(20)30-13-17-6-8-19(35)9-7-17/h13-15,17-19,23,35H,4-12,16H2,1-3H3,(H,29,32,33)/b30-13+,31-14-. The maximum absolute atomic E-state index is 13.0. The number of hydrogen-bond donors (Lipinski definition) is 2. The van der Waals surface area contributed by atoms with Gasteiger partial charge in [0.2, 0.25) is 5.95 Å². The Morgan fingerprint density at radius 2 is 1.95 bits per heavy atom.